The number of nitrogens with zero attached hydrogens (tertiary/aromatic N) is 2. The summed E-state index contributed by atoms with van der Waals surface area (Å²) in [5, 5.41) is 18.2. The van der Waals surface area contributed by atoms with E-state index in [1.807, 2.05) is 35.9 Å². The van der Waals surface area contributed by atoms with Crippen molar-refractivity contribution >= 4 is 33.1 Å². The Morgan fingerprint density at radius 1 is 1.15 bits per heavy atom. The molecule has 2 aromatic heterocycles. The van der Waals surface area contributed by atoms with Crippen LogP contribution in [0.1, 0.15) is 20.9 Å². The van der Waals surface area contributed by atoms with Gasteiger partial charge in [0.1, 0.15) is 10.6 Å². The number of thiophene rings is 1. The Hall–Kier alpha value is -3.12. The molecule has 6 heteroatoms. The number of phenolic OH excluding ortho intramolecular Hbond substituents is 1. The molecule has 4 aromatic rings. The summed E-state index contributed by atoms with van der Waals surface area (Å²) in [6, 6.07) is 18.7. The molecule has 0 fully saturated rings. The van der Waals surface area contributed by atoms with Crippen molar-refractivity contribution in [2.24, 2.45) is 0 Å². The Labute approximate surface area is 154 Å². The summed E-state index contributed by atoms with van der Waals surface area (Å²) in [7, 11) is 0. The summed E-state index contributed by atoms with van der Waals surface area (Å²) >= 11 is 1.40. The number of rotatable bonds is 4. The number of aromatic nitrogens is 2. The van der Waals surface area contributed by atoms with Crippen LogP contribution in [0, 0.1) is 6.92 Å². The number of carbonyl (C=O) groups excluding carboxylic acids is 1. The topological polar surface area (TPSA) is 67.2 Å². The number of amides is 1. The van der Waals surface area contributed by atoms with Crippen LogP contribution in [0.2, 0.25) is 0 Å². The van der Waals surface area contributed by atoms with Crippen LogP contribution >= 0.6 is 11.3 Å². The third-order valence-electron chi connectivity index (χ3n) is 4.16. The van der Waals surface area contributed by atoms with E-state index in [1.54, 1.807) is 24.3 Å². The number of fused-ring (bicyclic) bond motifs is 1. The van der Waals surface area contributed by atoms with Gasteiger partial charge in [-0.25, -0.2) is 0 Å². The zero-order valence-electron chi connectivity index (χ0n) is 14.1. The minimum absolute atomic E-state index is 0.0494. The molecule has 4 rings (SSSR count). The molecule has 0 saturated carbocycles. The summed E-state index contributed by atoms with van der Waals surface area (Å²) in [6.45, 7) is 2.60. The fourth-order valence-electron chi connectivity index (χ4n) is 2.85. The van der Waals surface area contributed by atoms with Crippen molar-refractivity contribution in [2.75, 3.05) is 5.32 Å². The molecule has 0 atom stereocenters. The number of benzene rings is 2. The summed E-state index contributed by atoms with van der Waals surface area (Å²) in [5.74, 6) is -0.188. The number of aryl methyl sites for hydroxylation is 1. The Balaban J connectivity index is 1.64. The van der Waals surface area contributed by atoms with Gasteiger partial charge in [-0.05, 0) is 30.7 Å². The SMILES string of the molecule is Cc1nn(Cc2ccccc2)c2sc(C(=O)Nc3ccccc3O)cc12. The normalized spacial score (nSPS) is 11.0. The minimum atomic E-state index is -0.238. The lowest BCUT2D eigenvalue weighted by Crippen LogP contribution is -2.10. The smallest absolute Gasteiger partial charge is 0.265 e. The van der Waals surface area contributed by atoms with Gasteiger partial charge in [0.15, 0.2) is 0 Å². The van der Waals surface area contributed by atoms with Gasteiger partial charge in [0.2, 0.25) is 0 Å². The number of hydrogen-bond donors (Lipinski definition) is 2. The molecule has 0 radical (unpaired) electrons. The molecular formula is C20H17N3O2S. The monoisotopic (exact) mass is 363 g/mol. The molecule has 0 unspecified atom stereocenters. The van der Waals surface area contributed by atoms with E-state index in [0.717, 1.165) is 21.5 Å². The summed E-state index contributed by atoms with van der Waals surface area (Å²) in [6.07, 6.45) is 0. The van der Waals surface area contributed by atoms with Gasteiger partial charge in [0.25, 0.3) is 5.91 Å². The maximum absolute atomic E-state index is 12.6. The molecule has 0 aliphatic rings. The van der Waals surface area contributed by atoms with Crippen LogP contribution in [-0.2, 0) is 6.54 Å². The fourth-order valence-corrected chi connectivity index (χ4v) is 3.91. The Kier molecular flexibility index (Phi) is 4.18. The lowest BCUT2D eigenvalue weighted by molar-refractivity contribution is 0.103. The van der Waals surface area contributed by atoms with Crippen molar-refractivity contribution in [3.8, 4) is 5.75 Å². The van der Waals surface area contributed by atoms with Crippen molar-refractivity contribution in [1.82, 2.24) is 9.78 Å². The summed E-state index contributed by atoms with van der Waals surface area (Å²) in [4.78, 5) is 14.1. The number of para-hydroxylation sites is 2. The highest BCUT2D eigenvalue weighted by Gasteiger charge is 2.17. The first kappa shape index (κ1) is 16.4. The molecule has 0 saturated heterocycles. The van der Waals surface area contributed by atoms with Gasteiger partial charge in [-0.15, -0.1) is 11.3 Å². The maximum atomic E-state index is 12.6. The van der Waals surface area contributed by atoms with E-state index < -0.39 is 0 Å². The van der Waals surface area contributed by atoms with E-state index in [0.29, 0.717) is 17.1 Å². The maximum Gasteiger partial charge on any atom is 0.265 e. The van der Waals surface area contributed by atoms with Gasteiger partial charge >= 0.3 is 0 Å². The first-order valence-corrected chi connectivity index (χ1v) is 9.03. The van der Waals surface area contributed by atoms with E-state index >= 15 is 0 Å². The quantitative estimate of drug-likeness (QED) is 0.528. The Bertz CT molecular complexity index is 1080. The third kappa shape index (κ3) is 3.07. The second kappa shape index (κ2) is 6.65. The van der Waals surface area contributed by atoms with Crippen molar-refractivity contribution in [1.29, 1.82) is 0 Å². The van der Waals surface area contributed by atoms with Crippen LogP contribution in [0.15, 0.2) is 60.7 Å². The first-order valence-electron chi connectivity index (χ1n) is 8.22. The molecule has 0 bridgehead atoms. The molecule has 2 heterocycles. The molecule has 26 heavy (non-hydrogen) atoms. The van der Waals surface area contributed by atoms with E-state index in [4.69, 9.17) is 0 Å². The first-order chi connectivity index (χ1) is 12.6. The van der Waals surface area contributed by atoms with Gasteiger partial charge in [-0.3, -0.25) is 9.48 Å². The lowest BCUT2D eigenvalue weighted by Gasteiger charge is -2.05. The number of phenols is 1. The van der Waals surface area contributed by atoms with Crippen LogP contribution in [0.25, 0.3) is 10.2 Å². The van der Waals surface area contributed by atoms with Crippen LogP contribution in [0.5, 0.6) is 5.75 Å². The number of carbonyl (C=O) groups is 1. The van der Waals surface area contributed by atoms with Gasteiger partial charge in [0.05, 0.1) is 22.8 Å². The highest BCUT2D eigenvalue weighted by Crippen LogP contribution is 2.30. The number of anilines is 1. The van der Waals surface area contributed by atoms with E-state index in [1.165, 1.54) is 11.3 Å². The molecule has 1 amide bonds. The number of aromatic hydroxyl groups is 1. The summed E-state index contributed by atoms with van der Waals surface area (Å²) < 4.78 is 1.93. The van der Waals surface area contributed by atoms with Crippen molar-refractivity contribution < 1.29 is 9.90 Å². The predicted octanol–water partition coefficient (Wildman–Crippen LogP) is 4.41. The van der Waals surface area contributed by atoms with Crippen LogP contribution < -0.4 is 5.32 Å². The van der Waals surface area contributed by atoms with Gasteiger partial charge in [-0.2, -0.15) is 5.10 Å². The summed E-state index contributed by atoms with van der Waals surface area (Å²) in [5.41, 5.74) is 2.46. The van der Waals surface area contributed by atoms with Gasteiger partial charge in [-0.1, -0.05) is 42.5 Å². The van der Waals surface area contributed by atoms with Crippen molar-refractivity contribution in [2.45, 2.75) is 13.5 Å². The molecule has 0 aliphatic carbocycles. The largest absolute Gasteiger partial charge is 0.506 e. The average Bonchev–Trinajstić information content (AvgIpc) is 3.20. The van der Waals surface area contributed by atoms with Crippen molar-refractivity contribution in [3.63, 3.8) is 0 Å². The lowest BCUT2D eigenvalue weighted by atomic mass is 10.2. The second-order valence-electron chi connectivity index (χ2n) is 6.03. The highest BCUT2D eigenvalue weighted by atomic mass is 32.1. The van der Waals surface area contributed by atoms with Crippen LogP contribution in [0.3, 0.4) is 0 Å². The van der Waals surface area contributed by atoms with Gasteiger partial charge < -0.3 is 10.4 Å². The highest BCUT2D eigenvalue weighted by molar-refractivity contribution is 7.20. The number of nitrogens with one attached hydrogen (secondary N) is 1. The van der Waals surface area contributed by atoms with Crippen molar-refractivity contribution in [3.05, 3.63) is 76.8 Å². The van der Waals surface area contributed by atoms with Crippen LogP contribution in [-0.4, -0.2) is 20.8 Å². The zero-order chi connectivity index (χ0) is 18.1. The van der Waals surface area contributed by atoms with Crippen LogP contribution in [0.4, 0.5) is 5.69 Å². The molecular weight excluding hydrogens is 346 g/mol. The number of hydrogen-bond acceptors (Lipinski definition) is 4. The predicted molar refractivity (Wildman–Crippen MR) is 104 cm³/mol. The Morgan fingerprint density at radius 3 is 2.65 bits per heavy atom. The molecule has 0 spiro atoms. The molecule has 2 aromatic carbocycles. The zero-order valence-corrected chi connectivity index (χ0v) is 15.0. The molecule has 2 N–H and O–H groups in total. The van der Waals surface area contributed by atoms with Gasteiger partial charge in [0, 0.05) is 5.39 Å². The Morgan fingerprint density at radius 2 is 1.88 bits per heavy atom. The molecule has 130 valence electrons. The second-order valence-corrected chi connectivity index (χ2v) is 7.06. The van der Waals surface area contributed by atoms with E-state index in [9.17, 15) is 9.90 Å². The fraction of sp³-hybridized carbons (Fsp3) is 0.100. The standard InChI is InChI=1S/C20H17N3O2S/c1-13-15-11-18(19(25)21-16-9-5-6-10-17(16)24)26-20(15)23(22-13)12-14-7-3-2-4-8-14/h2-11,24H,12H2,1H3,(H,21,25). The van der Waals surface area contributed by atoms with E-state index in [-0.39, 0.29) is 11.7 Å². The molecule has 5 nitrogen and oxygen atoms in total. The molecule has 0 aliphatic heterocycles. The average molecular weight is 363 g/mol. The minimum Gasteiger partial charge on any atom is -0.506 e. The third-order valence-corrected chi connectivity index (χ3v) is 5.31. The van der Waals surface area contributed by atoms with E-state index in [2.05, 4.69) is 22.5 Å².